The van der Waals surface area contributed by atoms with Crippen molar-refractivity contribution in [2.75, 3.05) is 46.2 Å². The van der Waals surface area contributed by atoms with Gasteiger partial charge >= 0.3 is 59.8 Å². The van der Waals surface area contributed by atoms with Crippen LogP contribution in [0.3, 0.4) is 0 Å². The van der Waals surface area contributed by atoms with Crippen LogP contribution in [-0.4, -0.2) is 198 Å². The summed E-state index contributed by atoms with van der Waals surface area (Å²) in [5.74, 6) is -15.2. The average Bonchev–Trinajstić information content (AvgIpc) is 0.819. The van der Waals surface area contributed by atoms with Gasteiger partial charge in [-0.1, -0.05) is 48.5 Å². The van der Waals surface area contributed by atoms with Crippen molar-refractivity contribution in [3.8, 4) is 0 Å². The second kappa shape index (κ2) is 40.5. The van der Waals surface area contributed by atoms with Gasteiger partial charge in [-0.05, 0) is 91.8 Å². The Morgan fingerprint density at radius 1 is 0.337 bits per heavy atom. The fraction of sp³-hybridized carbons (Fsp3) is 0.556. The van der Waals surface area contributed by atoms with Gasteiger partial charge in [-0.25, -0.2) is 4.79 Å². The third-order valence-corrected chi connectivity index (χ3v) is 15.6. The second-order valence-electron chi connectivity index (χ2n) is 23.2. The highest BCUT2D eigenvalue weighted by atomic mass is 16.5. The summed E-state index contributed by atoms with van der Waals surface area (Å²) in [7, 11) is 0. The Morgan fingerprint density at radius 2 is 0.600 bits per heavy atom. The molecule has 0 saturated carbocycles. The van der Waals surface area contributed by atoms with Crippen molar-refractivity contribution in [3.63, 3.8) is 0 Å². The van der Waals surface area contributed by atoms with E-state index in [4.69, 9.17) is 18.9 Å². The molecule has 0 aliphatic heterocycles. The molecule has 14 N–H and O–H groups in total. The van der Waals surface area contributed by atoms with Gasteiger partial charge in [-0.15, -0.1) is 0 Å². The zero-order valence-electron chi connectivity index (χ0n) is 52.5. The lowest BCUT2D eigenvalue weighted by Crippen LogP contribution is -2.59. The first-order valence-corrected chi connectivity index (χ1v) is 30.6. The Morgan fingerprint density at radius 3 is 0.884 bits per heavy atom. The molecular formula is C63H85N5O27. The van der Waals surface area contributed by atoms with Crippen LogP contribution < -0.4 is 26.6 Å². The number of carbonyl (C=O) groups excluding carboxylic acids is 5. The minimum atomic E-state index is -1.90. The zero-order valence-corrected chi connectivity index (χ0v) is 52.5. The highest BCUT2D eigenvalue weighted by Gasteiger charge is 2.38. The summed E-state index contributed by atoms with van der Waals surface area (Å²) < 4.78 is 23.6. The smallest absolute Gasteiger partial charge is 0.407 e. The number of fused-ring (bicyclic) bond motifs is 2. The molecule has 0 saturated heterocycles. The first-order chi connectivity index (χ1) is 44.9. The molecule has 0 atom stereocenters. The van der Waals surface area contributed by atoms with E-state index in [0.29, 0.717) is 0 Å². The molecule has 32 nitrogen and oxygen atoms in total. The number of nitrogens with one attached hydrogen (secondary N) is 5. The normalized spacial score (nSPS) is 11.7. The van der Waals surface area contributed by atoms with Crippen LogP contribution in [0.1, 0.15) is 153 Å². The van der Waals surface area contributed by atoms with Crippen LogP contribution in [0.2, 0.25) is 0 Å². The van der Waals surface area contributed by atoms with E-state index in [1.165, 1.54) is 0 Å². The van der Waals surface area contributed by atoms with Crippen LogP contribution in [0, 0.1) is 0 Å². The molecule has 0 bridgehead atoms. The molecule has 95 heavy (non-hydrogen) atoms. The molecule has 0 fully saturated rings. The number of benzene rings is 3. The quantitative estimate of drug-likeness (QED) is 0.0275. The number of carbonyl (C=O) groups is 14. The monoisotopic (exact) mass is 1340 g/mol. The molecule has 524 valence electrons. The summed E-state index contributed by atoms with van der Waals surface area (Å²) in [6.45, 7) is -3.77. The van der Waals surface area contributed by atoms with E-state index in [-0.39, 0.29) is 83.8 Å². The van der Waals surface area contributed by atoms with Crippen molar-refractivity contribution < 1.29 is 132 Å². The third-order valence-electron chi connectivity index (χ3n) is 15.6. The standard InChI is InChI=1S/C63H85N5O27/c69-46(10-5-32-64-59(91)95-37-45-43-8-3-1-6-41(43)36-42-7-2-4-9-44(42)45)68-63(38-92-33-20-47(70)65-60(23-11-50(73)74,24-12-51(75)76)25-13-52(77)78,39-93-34-21-48(71)66-61(26-14-53(79)80,27-15-54(81)82)28-16-55(83)84)40-94-35-22-49(72)67-62(29-17-56(85)86,30-18-57(87)88)31-19-58(89)90/h1-4,6-9,36H,5,10-35,37-40H2,(H,64,91)(H,65,70)(H,66,71)(H,67,72)(H,68,69)(H,73,74)(H,75,76)(H,77,78)(H,79,80)(H,81,82)(H,83,84)(H,85,86)(H,87,88)(H,89,90). The van der Waals surface area contributed by atoms with Crippen molar-refractivity contribution in [2.45, 2.75) is 176 Å². The summed E-state index contributed by atoms with van der Waals surface area (Å²) in [5, 5.41) is 102. The predicted octanol–water partition coefficient (Wildman–Crippen LogP) is 4.42. The average molecular weight is 1340 g/mol. The predicted molar refractivity (Wildman–Crippen MR) is 331 cm³/mol. The second-order valence-corrected chi connectivity index (χ2v) is 23.2. The van der Waals surface area contributed by atoms with Crippen molar-refractivity contribution >= 4 is 105 Å². The fourth-order valence-corrected chi connectivity index (χ4v) is 10.7. The lowest BCUT2D eigenvalue weighted by molar-refractivity contribution is -0.141. The molecular weight excluding hydrogens is 1260 g/mol. The number of rotatable bonds is 52. The van der Waals surface area contributed by atoms with Gasteiger partial charge in [0, 0.05) is 112 Å². The van der Waals surface area contributed by atoms with E-state index in [0.717, 1.165) is 27.1 Å². The highest BCUT2D eigenvalue weighted by molar-refractivity contribution is 6.02. The Bertz CT molecular complexity index is 2780. The molecule has 0 aliphatic rings. The van der Waals surface area contributed by atoms with Crippen LogP contribution in [-0.2, 0) is 87.9 Å². The molecule has 0 radical (unpaired) electrons. The Hall–Kier alpha value is -9.56. The maximum Gasteiger partial charge on any atom is 0.407 e. The number of carboxylic acid groups (broad SMARTS) is 9. The lowest BCUT2D eigenvalue weighted by Gasteiger charge is -2.36. The first kappa shape index (κ1) is 79.7. The SMILES string of the molecule is O=C(O)CCC(CCC(=O)O)(CCC(=O)O)NC(=O)CCOCC(COCCC(=O)NC(CCC(=O)O)(CCC(=O)O)CCC(=O)O)(COCCC(=O)NC(CCC(=O)O)(CCC(=O)O)CCC(=O)O)NC(=O)CCCNC(=O)OCc1c2ccccc2cc2ccccc12. The number of hydrogen-bond donors (Lipinski definition) is 14. The molecule has 5 amide bonds. The minimum Gasteiger partial charge on any atom is -0.481 e. The Labute approximate surface area is 544 Å². The molecule has 0 aromatic heterocycles. The fourth-order valence-electron chi connectivity index (χ4n) is 10.7. The Balaban J connectivity index is 2.00. The van der Waals surface area contributed by atoms with Crippen LogP contribution in [0.25, 0.3) is 21.5 Å². The number of ether oxygens (including phenoxy) is 4. The molecule has 0 unspecified atom stereocenters. The summed E-state index contributed by atoms with van der Waals surface area (Å²) in [5.41, 5.74) is -6.05. The summed E-state index contributed by atoms with van der Waals surface area (Å²) in [6, 6.07) is 17.1. The lowest BCUT2D eigenvalue weighted by atomic mass is 9.83. The van der Waals surface area contributed by atoms with Gasteiger partial charge in [0.2, 0.25) is 23.6 Å². The van der Waals surface area contributed by atoms with E-state index in [1.807, 2.05) is 54.6 Å². The van der Waals surface area contributed by atoms with Gasteiger partial charge in [0.1, 0.15) is 12.1 Å². The van der Waals surface area contributed by atoms with Gasteiger partial charge in [-0.3, -0.25) is 62.3 Å². The number of carboxylic acids is 9. The number of amides is 5. The van der Waals surface area contributed by atoms with Crippen LogP contribution in [0.15, 0.2) is 54.6 Å². The topological polar surface area (TPSA) is 518 Å². The van der Waals surface area contributed by atoms with Crippen molar-refractivity contribution in [1.29, 1.82) is 0 Å². The summed E-state index contributed by atoms with van der Waals surface area (Å²) >= 11 is 0. The van der Waals surface area contributed by atoms with E-state index in [2.05, 4.69) is 26.6 Å². The first-order valence-electron chi connectivity index (χ1n) is 30.6. The van der Waals surface area contributed by atoms with Gasteiger partial charge in [0.05, 0.1) is 39.6 Å². The van der Waals surface area contributed by atoms with E-state index in [1.54, 1.807) is 0 Å². The molecule has 3 aromatic rings. The zero-order chi connectivity index (χ0) is 70.6. The summed E-state index contributed by atoms with van der Waals surface area (Å²) in [6.07, 6.45) is -11.5. The summed E-state index contributed by atoms with van der Waals surface area (Å²) in [4.78, 5) is 173. The van der Waals surface area contributed by atoms with E-state index in [9.17, 15) is 113 Å². The van der Waals surface area contributed by atoms with Crippen LogP contribution in [0.5, 0.6) is 0 Å². The van der Waals surface area contributed by atoms with Crippen LogP contribution >= 0.6 is 0 Å². The molecule has 3 aromatic carbocycles. The van der Waals surface area contributed by atoms with Gasteiger partial charge in [0.15, 0.2) is 0 Å². The third kappa shape index (κ3) is 31.8. The van der Waals surface area contributed by atoms with Crippen LogP contribution in [0.4, 0.5) is 4.79 Å². The van der Waals surface area contributed by atoms with Crippen molar-refractivity contribution in [1.82, 2.24) is 26.6 Å². The van der Waals surface area contributed by atoms with E-state index < -0.39 is 222 Å². The van der Waals surface area contributed by atoms with Crippen molar-refractivity contribution in [2.24, 2.45) is 0 Å². The largest absolute Gasteiger partial charge is 0.481 e. The Kier molecular flexibility index (Phi) is 34.0. The number of aliphatic carboxylic acids is 9. The van der Waals surface area contributed by atoms with E-state index >= 15 is 0 Å². The highest BCUT2D eigenvalue weighted by Crippen LogP contribution is 2.31. The minimum absolute atomic E-state index is 0.0363. The number of alkyl carbamates (subject to hydrolysis) is 1. The molecule has 0 spiro atoms. The maximum absolute atomic E-state index is 14.2. The molecule has 0 aliphatic carbocycles. The molecule has 0 heterocycles. The van der Waals surface area contributed by atoms with Gasteiger partial charge < -0.3 is 91.5 Å². The maximum atomic E-state index is 14.2. The van der Waals surface area contributed by atoms with Crippen molar-refractivity contribution in [3.05, 3.63) is 60.2 Å². The van der Waals surface area contributed by atoms with Gasteiger partial charge in [-0.2, -0.15) is 0 Å². The molecule has 3 rings (SSSR count). The molecule has 32 heteroatoms. The van der Waals surface area contributed by atoms with Gasteiger partial charge in [0.25, 0.3) is 0 Å². The number of hydrogen-bond acceptors (Lipinski definition) is 18.